The predicted molar refractivity (Wildman–Crippen MR) is 200 cm³/mol. The summed E-state index contributed by atoms with van der Waals surface area (Å²) >= 11 is 0. The van der Waals surface area contributed by atoms with Crippen molar-refractivity contribution >= 4 is 43.7 Å². The summed E-state index contributed by atoms with van der Waals surface area (Å²) in [7, 11) is -1.99. The normalized spacial score (nSPS) is 23.8. The number of benzene rings is 4. The smallest absolute Gasteiger partial charge is 0.264 e. The fourth-order valence-electron chi connectivity index (χ4n) is 8.65. The fraction of sp³-hybridized carbons (Fsp3) is 0.341. The molecular weight excluding hydrogens is 678 g/mol. The molecule has 11 heteroatoms. The molecule has 0 aromatic heterocycles. The Bertz CT molecular complexity index is 1970. The van der Waals surface area contributed by atoms with Gasteiger partial charge in [0.05, 0.1) is 44.5 Å². The van der Waals surface area contributed by atoms with E-state index in [4.69, 9.17) is 9.47 Å². The van der Waals surface area contributed by atoms with E-state index in [9.17, 15) is 19.5 Å². The number of rotatable bonds is 10. The fourth-order valence-corrected chi connectivity index (χ4v) is 11.1. The Morgan fingerprint density at radius 2 is 1.69 bits per heavy atom. The summed E-state index contributed by atoms with van der Waals surface area (Å²) in [5, 5.41) is 10.3. The number of aliphatic hydroxyl groups is 1. The lowest BCUT2D eigenvalue weighted by Crippen LogP contribution is -2.48. The molecule has 3 aliphatic heterocycles. The molecule has 0 saturated carbocycles. The molecule has 3 aliphatic rings. The molecule has 1 fully saturated rings. The quantitative estimate of drug-likeness (QED) is 0.112. The first-order valence-electron chi connectivity index (χ1n) is 17.7. The van der Waals surface area contributed by atoms with Crippen LogP contribution in [0.15, 0.2) is 97.1 Å². The first-order chi connectivity index (χ1) is 25.0. The molecule has 4 aromatic carbocycles. The molecule has 0 unspecified atom stereocenters. The van der Waals surface area contributed by atoms with E-state index in [-0.39, 0.29) is 31.4 Å². The zero-order chi connectivity index (χ0) is 36.8. The summed E-state index contributed by atoms with van der Waals surface area (Å²) in [6.45, 7) is 5.46. The van der Waals surface area contributed by atoms with Crippen LogP contribution in [0, 0.1) is 5.92 Å². The van der Waals surface area contributed by atoms with Gasteiger partial charge in [-0.15, -0.1) is 0 Å². The van der Waals surface area contributed by atoms with Gasteiger partial charge < -0.3 is 28.5 Å². The number of carbonyl (C=O) groups excluding carboxylic acids is 3. The topological polar surface area (TPSA) is 99.6 Å². The van der Waals surface area contributed by atoms with Gasteiger partial charge in [0.15, 0.2) is 5.60 Å². The first-order valence-corrected chi connectivity index (χ1v) is 20.7. The molecule has 3 amide bonds. The van der Waals surface area contributed by atoms with E-state index in [1.165, 1.54) is 0 Å². The average molecular weight is 722 g/mol. The molecule has 1 saturated heterocycles. The van der Waals surface area contributed by atoms with Crippen molar-refractivity contribution in [1.82, 2.24) is 4.90 Å². The van der Waals surface area contributed by atoms with Gasteiger partial charge in [0.1, 0.15) is 5.75 Å². The number of anilines is 3. The minimum atomic E-state index is -3.54. The van der Waals surface area contributed by atoms with Crippen LogP contribution in [0.25, 0.3) is 0 Å². The van der Waals surface area contributed by atoms with Crippen LogP contribution in [-0.4, -0.2) is 62.5 Å². The highest BCUT2D eigenvalue weighted by Gasteiger charge is 2.67. The standard InChI is InChI=1S/C41H44FN3O6Si/c1-27-39(52(3,4)42)37(22-38(48)43-24-30-11-9-8-10-29(30)20-33(43)25-46)51-41(27)35-21-34(50-2)18-19-36(35)44(40(41)49)23-28-14-16-32(17-15-28)45(26-47)31-12-6-5-7-13-31/h5-19,21,26-27,33,37,39,46H,20,22-25H2,1-4H3/t27-,33-,37+,39-,41+/m0/s1. The number of halogens is 1. The SMILES string of the molecule is COc1ccc2c(c1)[C@@]1(O[C@H](CC(=O)N3Cc4ccccc4C[C@H]3CO)[C@@H]([Si](C)(C)F)[C@@H]1C)C(=O)N2Cc1ccc(N(C=O)c2ccccc2)cc1. The van der Waals surface area contributed by atoms with Gasteiger partial charge in [-0.25, -0.2) is 0 Å². The van der Waals surface area contributed by atoms with Gasteiger partial charge in [-0.2, -0.15) is 0 Å². The number of carbonyl (C=O) groups is 3. The summed E-state index contributed by atoms with van der Waals surface area (Å²) in [5.41, 5.74) is 3.37. The zero-order valence-corrected chi connectivity index (χ0v) is 30.9. The Morgan fingerprint density at radius 3 is 2.35 bits per heavy atom. The monoisotopic (exact) mass is 721 g/mol. The maximum Gasteiger partial charge on any atom is 0.264 e. The molecule has 1 spiro atoms. The molecule has 1 N–H and O–H groups in total. The third-order valence-corrected chi connectivity index (χ3v) is 13.6. The number of fused-ring (bicyclic) bond motifs is 3. The van der Waals surface area contributed by atoms with Crippen LogP contribution >= 0.6 is 0 Å². The van der Waals surface area contributed by atoms with Crippen LogP contribution in [0.1, 0.15) is 35.6 Å². The summed E-state index contributed by atoms with van der Waals surface area (Å²) < 4.78 is 29.0. The van der Waals surface area contributed by atoms with E-state index in [1.807, 2.05) is 91.9 Å². The van der Waals surface area contributed by atoms with Gasteiger partial charge >= 0.3 is 0 Å². The van der Waals surface area contributed by atoms with E-state index < -0.39 is 37.6 Å². The minimum absolute atomic E-state index is 0.113. The summed E-state index contributed by atoms with van der Waals surface area (Å²) in [6.07, 6.45) is 0.318. The molecule has 5 atom stereocenters. The van der Waals surface area contributed by atoms with Crippen LogP contribution in [0.3, 0.4) is 0 Å². The first kappa shape index (κ1) is 35.6. The van der Waals surface area contributed by atoms with E-state index in [0.717, 1.165) is 28.8 Å². The maximum atomic E-state index is 16.5. The van der Waals surface area contributed by atoms with Crippen molar-refractivity contribution < 1.29 is 33.1 Å². The van der Waals surface area contributed by atoms with Crippen LogP contribution in [0.4, 0.5) is 21.2 Å². The third-order valence-electron chi connectivity index (χ3n) is 11.1. The Hall–Kier alpha value is -4.84. The number of para-hydroxylation sites is 1. The van der Waals surface area contributed by atoms with Crippen molar-refractivity contribution in [2.75, 3.05) is 23.5 Å². The van der Waals surface area contributed by atoms with E-state index >= 15 is 4.11 Å². The Kier molecular flexibility index (Phi) is 9.53. The number of methoxy groups -OCH3 is 1. The Morgan fingerprint density at radius 1 is 1.02 bits per heavy atom. The number of ether oxygens (including phenoxy) is 2. The van der Waals surface area contributed by atoms with Gasteiger partial charge in [0.25, 0.3) is 5.91 Å². The minimum Gasteiger partial charge on any atom is -0.497 e. The second-order valence-electron chi connectivity index (χ2n) is 14.6. The second kappa shape index (κ2) is 13.9. The summed E-state index contributed by atoms with van der Waals surface area (Å²) in [6, 6.07) is 29.6. The van der Waals surface area contributed by atoms with Crippen LogP contribution < -0.4 is 14.5 Å². The molecule has 0 bridgehead atoms. The Balaban J connectivity index is 1.20. The lowest BCUT2D eigenvalue weighted by atomic mass is 9.82. The van der Waals surface area contributed by atoms with Crippen molar-refractivity contribution in [1.29, 1.82) is 0 Å². The number of nitrogens with zero attached hydrogens (tertiary/aromatic N) is 3. The molecule has 270 valence electrons. The van der Waals surface area contributed by atoms with Gasteiger partial charge in [0, 0.05) is 34.9 Å². The molecule has 7 rings (SSSR count). The number of hydrogen-bond donors (Lipinski definition) is 1. The molecule has 9 nitrogen and oxygen atoms in total. The molecular formula is C41H44FN3O6Si. The molecule has 0 radical (unpaired) electrons. The van der Waals surface area contributed by atoms with Crippen molar-refractivity contribution in [2.45, 2.75) is 69.2 Å². The maximum absolute atomic E-state index is 16.5. The summed E-state index contributed by atoms with van der Waals surface area (Å²) in [5.74, 6) is -0.609. The van der Waals surface area contributed by atoms with Crippen molar-refractivity contribution in [3.63, 3.8) is 0 Å². The highest BCUT2D eigenvalue weighted by atomic mass is 28.4. The highest BCUT2D eigenvalue weighted by molar-refractivity contribution is 6.72. The van der Waals surface area contributed by atoms with E-state index in [0.29, 0.717) is 35.7 Å². The van der Waals surface area contributed by atoms with Crippen LogP contribution in [0.5, 0.6) is 5.75 Å². The van der Waals surface area contributed by atoms with Gasteiger partial charge in [-0.05, 0) is 78.7 Å². The van der Waals surface area contributed by atoms with Crippen molar-refractivity contribution in [3.8, 4) is 5.75 Å². The zero-order valence-electron chi connectivity index (χ0n) is 29.9. The second-order valence-corrected chi connectivity index (χ2v) is 18.4. The lowest BCUT2D eigenvalue weighted by molar-refractivity contribution is -0.151. The number of hydrogen-bond acceptors (Lipinski definition) is 6. The largest absolute Gasteiger partial charge is 0.497 e. The van der Waals surface area contributed by atoms with Crippen molar-refractivity contribution in [2.24, 2.45) is 5.92 Å². The summed E-state index contributed by atoms with van der Waals surface area (Å²) in [4.78, 5) is 46.0. The predicted octanol–water partition coefficient (Wildman–Crippen LogP) is 6.65. The van der Waals surface area contributed by atoms with Crippen molar-refractivity contribution in [3.05, 3.63) is 119 Å². The number of amides is 3. The van der Waals surface area contributed by atoms with Gasteiger partial charge in [0.2, 0.25) is 20.7 Å². The lowest BCUT2D eigenvalue weighted by Gasteiger charge is -2.37. The number of aliphatic hydroxyl groups excluding tert-OH is 1. The molecule has 0 aliphatic carbocycles. The highest BCUT2D eigenvalue weighted by Crippen LogP contribution is 2.61. The third kappa shape index (κ3) is 6.10. The molecule has 4 aromatic rings. The van der Waals surface area contributed by atoms with E-state index in [1.54, 1.807) is 47.0 Å². The van der Waals surface area contributed by atoms with E-state index in [2.05, 4.69) is 0 Å². The van der Waals surface area contributed by atoms with Crippen LogP contribution in [-0.2, 0) is 44.2 Å². The molecule has 3 heterocycles. The average Bonchev–Trinajstić information content (AvgIpc) is 3.57. The van der Waals surface area contributed by atoms with Crippen LogP contribution in [0.2, 0.25) is 18.6 Å². The Labute approximate surface area is 304 Å². The molecule has 52 heavy (non-hydrogen) atoms. The van der Waals surface area contributed by atoms with Gasteiger partial charge in [-0.3, -0.25) is 19.3 Å². The van der Waals surface area contributed by atoms with Gasteiger partial charge in [-0.1, -0.05) is 61.5 Å².